The summed E-state index contributed by atoms with van der Waals surface area (Å²) in [6, 6.07) is 1.47. The van der Waals surface area contributed by atoms with Gasteiger partial charge in [-0.05, 0) is 31.7 Å². The highest BCUT2D eigenvalue weighted by Gasteiger charge is 2.20. The average Bonchev–Trinajstić information content (AvgIpc) is 3.16. The van der Waals surface area contributed by atoms with Crippen molar-refractivity contribution >= 4 is 0 Å². The van der Waals surface area contributed by atoms with Crippen LogP contribution in [0.3, 0.4) is 0 Å². The third-order valence-electron chi connectivity index (χ3n) is 3.25. The fourth-order valence-corrected chi connectivity index (χ4v) is 1.99. The quantitative estimate of drug-likeness (QED) is 0.715. The van der Waals surface area contributed by atoms with Crippen LogP contribution >= 0.6 is 0 Å². The summed E-state index contributed by atoms with van der Waals surface area (Å²) in [6.07, 6.45) is 5.09. The summed E-state index contributed by atoms with van der Waals surface area (Å²) >= 11 is 0. The lowest BCUT2D eigenvalue weighted by Crippen LogP contribution is -2.41. The number of hydrogen-bond acceptors (Lipinski definition) is 3. The van der Waals surface area contributed by atoms with Crippen LogP contribution < -0.4 is 16.6 Å². The Hall–Kier alpha value is -1.36. The molecule has 1 fully saturated rings. The lowest BCUT2D eigenvalue weighted by Gasteiger charge is -2.09. The Bertz CT molecular complexity index is 500. The molecule has 5 nitrogen and oxygen atoms in total. The molecule has 1 N–H and O–H groups in total. The third kappa shape index (κ3) is 3.32. The Morgan fingerprint density at radius 2 is 2.11 bits per heavy atom. The highest BCUT2D eigenvalue weighted by Crippen LogP contribution is 2.27. The van der Waals surface area contributed by atoms with Crippen LogP contribution in [0.4, 0.5) is 0 Å². The zero-order valence-electron chi connectivity index (χ0n) is 10.9. The van der Waals surface area contributed by atoms with Crippen molar-refractivity contribution in [3.8, 4) is 0 Å². The van der Waals surface area contributed by atoms with Crippen molar-refractivity contribution in [1.82, 2.24) is 14.5 Å². The number of aryl methyl sites for hydroxylation is 1. The summed E-state index contributed by atoms with van der Waals surface area (Å²) < 4.78 is 2.91. The molecule has 0 saturated heterocycles. The molecule has 0 spiro atoms. The van der Waals surface area contributed by atoms with Gasteiger partial charge in [-0.15, -0.1) is 0 Å². The van der Waals surface area contributed by atoms with Gasteiger partial charge in [-0.1, -0.05) is 6.92 Å². The maximum absolute atomic E-state index is 12.0. The predicted molar refractivity (Wildman–Crippen MR) is 70.8 cm³/mol. The minimum atomic E-state index is -0.208. The van der Waals surface area contributed by atoms with Crippen molar-refractivity contribution in [1.29, 1.82) is 0 Å². The predicted octanol–water partition coefficient (Wildman–Crippen LogP) is 0.420. The largest absolute Gasteiger partial charge is 0.331 e. The molecule has 0 amide bonds. The smallest absolute Gasteiger partial charge is 0.315 e. The van der Waals surface area contributed by atoms with Gasteiger partial charge in [0.15, 0.2) is 0 Å². The van der Waals surface area contributed by atoms with Crippen LogP contribution in [0.15, 0.2) is 21.9 Å². The zero-order chi connectivity index (χ0) is 13.0. The second kappa shape index (κ2) is 6.00. The Kier molecular flexibility index (Phi) is 4.36. The van der Waals surface area contributed by atoms with E-state index >= 15 is 0 Å². The van der Waals surface area contributed by atoms with Gasteiger partial charge in [0.1, 0.15) is 0 Å². The van der Waals surface area contributed by atoms with Crippen LogP contribution in [-0.4, -0.2) is 22.2 Å². The zero-order valence-corrected chi connectivity index (χ0v) is 10.9. The molecular formula is C13H21N3O2. The van der Waals surface area contributed by atoms with Crippen molar-refractivity contribution in [3.63, 3.8) is 0 Å². The second-order valence-corrected chi connectivity index (χ2v) is 4.93. The first kappa shape index (κ1) is 13.1. The monoisotopic (exact) mass is 251 g/mol. The molecule has 0 unspecified atom stereocenters. The summed E-state index contributed by atoms with van der Waals surface area (Å²) in [6.45, 7) is 4.81. The minimum Gasteiger partial charge on any atom is -0.315 e. The molecule has 0 aromatic carbocycles. The first-order chi connectivity index (χ1) is 8.72. The fraction of sp³-hybridized carbons (Fsp3) is 0.692. The topological polar surface area (TPSA) is 56.0 Å². The van der Waals surface area contributed by atoms with E-state index in [1.54, 1.807) is 10.8 Å². The van der Waals surface area contributed by atoms with Gasteiger partial charge >= 0.3 is 5.69 Å². The van der Waals surface area contributed by atoms with Crippen molar-refractivity contribution in [2.45, 2.75) is 39.3 Å². The molecule has 0 atom stereocenters. The fourth-order valence-electron chi connectivity index (χ4n) is 1.99. The van der Waals surface area contributed by atoms with Crippen LogP contribution in [0.25, 0.3) is 0 Å². The molecule has 5 heteroatoms. The van der Waals surface area contributed by atoms with Gasteiger partial charge in [0, 0.05) is 31.9 Å². The van der Waals surface area contributed by atoms with E-state index in [1.807, 2.05) is 6.92 Å². The number of rotatable bonds is 7. The van der Waals surface area contributed by atoms with Crippen LogP contribution in [0.5, 0.6) is 0 Å². The van der Waals surface area contributed by atoms with Gasteiger partial charge in [0.25, 0.3) is 5.56 Å². The second-order valence-electron chi connectivity index (χ2n) is 4.93. The number of hydrogen-bond donors (Lipinski definition) is 1. The summed E-state index contributed by atoms with van der Waals surface area (Å²) in [5, 5.41) is 3.29. The minimum absolute atomic E-state index is 0.197. The van der Waals surface area contributed by atoms with E-state index in [-0.39, 0.29) is 11.2 Å². The van der Waals surface area contributed by atoms with Gasteiger partial charge < -0.3 is 9.88 Å². The molecular weight excluding hydrogens is 230 g/mol. The van der Waals surface area contributed by atoms with Crippen LogP contribution in [0.1, 0.15) is 26.2 Å². The molecule has 1 aromatic heterocycles. The normalized spacial score (nSPS) is 14.9. The van der Waals surface area contributed by atoms with E-state index in [2.05, 4.69) is 5.32 Å². The van der Waals surface area contributed by atoms with Crippen molar-refractivity contribution < 1.29 is 0 Å². The third-order valence-corrected chi connectivity index (χ3v) is 3.25. The maximum Gasteiger partial charge on any atom is 0.331 e. The van der Waals surface area contributed by atoms with Gasteiger partial charge in [-0.3, -0.25) is 9.36 Å². The lowest BCUT2D eigenvalue weighted by atomic mass is 10.4. The first-order valence-corrected chi connectivity index (χ1v) is 6.73. The molecule has 1 heterocycles. The molecule has 18 heavy (non-hydrogen) atoms. The number of aromatic nitrogens is 2. The number of nitrogens with zero attached hydrogens (tertiary/aromatic N) is 2. The Morgan fingerprint density at radius 1 is 1.33 bits per heavy atom. The van der Waals surface area contributed by atoms with E-state index in [9.17, 15) is 9.59 Å². The van der Waals surface area contributed by atoms with Gasteiger partial charge in [-0.25, -0.2) is 4.79 Å². The van der Waals surface area contributed by atoms with Crippen molar-refractivity contribution in [2.24, 2.45) is 5.92 Å². The van der Waals surface area contributed by atoms with E-state index < -0.39 is 0 Å². The summed E-state index contributed by atoms with van der Waals surface area (Å²) in [4.78, 5) is 23.7. The summed E-state index contributed by atoms with van der Waals surface area (Å²) in [5.41, 5.74) is -0.404. The van der Waals surface area contributed by atoms with E-state index in [4.69, 9.17) is 0 Å². The van der Waals surface area contributed by atoms with Gasteiger partial charge in [-0.2, -0.15) is 0 Å². The van der Waals surface area contributed by atoms with Crippen LogP contribution in [-0.2, 0) is 13.1 Å². The van der Waals surface area contributed by atoms with Gasteiger partial charge in [0.05, 0.1) is 0 Å². The highest BCUT2D eigenvalue weighted by molar-refractivity contribution is 4.86. The van der Waals surface area contributed by atoms with Crippen molar-refractivity contribution in [3.05, 3.63) is 33.1 Å². The Balaban J connectivity index is 1.98. The highest BCUT2D eigenvalue weighted by atomic mass is 16.2. The molecule has 1 aliphatic carbocycles. The molecule has 0 radical (unpaired) electrons. The summed E-state index contributed by atoms with van der Waals surface area (Å²) in [5.74, 6) is 0.814. The SMILES string of the molecule is CCCn1ccc(=O)n(CCNCC2CC2)c1=O. The van der Waals surface area contributed by atoms with Crippen LogP contribution in [0.2, 0.25) is 0 Å². The lowest BCUT2D eigenvalue weighted by molar-refractivity contribution is 0.514. The van der Waals surface area contributed by atoms with Gasteiger partial charge in [0.2, 0.25) is 0 Å². The first-order valence-electron chi connectivity index (χ1n) is 6.73. The molecule has 100 valence electrons. The maximum atomic E-state index is 12.0. The molecule has 1 aliphatic rings. The molecule has 2 rings (SSSR count). The van der Waals surface area contributed by atoms with Crippen LogP contribution in [0, 0.1) is 5.92 Å². The molecule has 1 saturated carbocycles. The van der Waals surface area contributed by atoms with E-state index in [0.717, 1.165) is 18.9 Å². The molecule has 0 bridgehead atoms. The average molecular weight is 251 g/mol. The standard InChI is InChI=1S/C13H21N3O2/c1-2-7-15-8-5-12(17)16(13(15)18)9-6-14-10-11-3-4-11/h5,8,11,14H,2-4,6-7,9-10H2,1H3. The van der Waals surface area contributed by atoms with E-state index in [1.165, 1.54) is 23.5 Å². The van der Waals surface area contributed by atoms with Crippen molar-refractivity contribution in [2.75, 3.05) is 13.1 Å². The number of nitrogens with one attached hydrogen (secondary N) is 1. The Morgan fingerprint density at radius 3 is 2.78 bits per heavy atom. The Labute approximate surface area is 106 Å². The summed E-state index contributed by atoms with van der Waals surface area (Å²) in [7, 11) is 0. The molecule has 1 aromatic rings. The molecule has 0 aliphatic heterocycles. The van der Waals surface area contributed by atoms with E-state index in [0.29, 0.717) is 19.6 Å².